The van der Waals surface area contributed by atoms with E-state index in [1.807, 2.05) is 0 Å². The van der Waals surface area contributed by atoms with Crippen LogP contribution in [-0.4, -0.2) is 10.9 Å². The van der Waals surface area contributed by atoms with E-state index in [0.29, 0.717) is 10.6 Å². The van der Waals surface area contributed by atoms with Crippen LogP contribution in [0.2, 0.25) is 5.02 Å². The van der Waals surface area contributed by atoms with Gasteiger partial charge in [0, 0.05) is 5.02 Å². The summed E-state index contributed by atoms with van der Waals surface area (Å²) in [4.78, 5) is 23.4. The molecule has 0 heterocycles. The minimum atomic E-state index is -0.593. The fourth-order valence-corrected chi connectivity index (χ4v) is 1.85. The van der Waals surface area contributed by atoms with E-state index in [2.05, 4.69) is 0 Å². The Morgan fingerprint density at radius 2 is 1.70 bits per heavy atom. The molecule has 20 heavy (non-hydrogen) atoms. The van der Waals surface area contributed by atoms with Crippen molar-refractivity contribution in [2.75, 3.05) is 0 Å². The number of rotatable bonds is 3. The second-order valence-corrected chi connectivity index (χ2v) is 4.47. The van der Waals surface area contributed by atoms with E-state index < -0.39 is 17.0 Å². The van der Waals surface area contributed by atoms with Gasteiger partial charge in [0.1, 0.15) is 0 Å². The average molecular weight is 287 g/mol. The topological polar surface area (TPSA) is 54.4 Å². The van der Waals surface area contributed by atoms with Gasteiger partial charge in [0.05, 0.1) is 5.56 Å². The molecule has 0 aromatic heterocycles. The summed E-state index contributed by atoms with van der Waals surface area (Å²) >= 11 is 5.97. The zero-order valence-corrected chi connectivity index (χ0v) is 11.2. The summed E-state index contributed by atoms with van der Waals surface area (Å²) in [5, 5.41) is 10.2. The highest BCUT2D eigenvalue weighted by molar-refractivity contribution is 6.32. The van der Waals surface area contributed by atoms with Crippen molar-refractivity contribution in [1.82, 2.24) is 0 Å². The minimum Gasteiger partial charge on any atom is -0.504 e. The number of halogens is 1. The molecule has 0 atom stereocenters. The van der Waals surface area contributed by atoms with Gasteiger partial charge in [-0.1, -0.05) is 41.9 Å². The number of benzene rings is 1. The van der Waals surface area contributed by atoms with Crippen molar-refractivity contribution >= 4 is 23.5 Å². The van der Waals surface area contributed by atoms with Gasteiger partial charge in [-0.05, 0) is 35.9 Å². The quantitative estimate of drug-likeness (QED) is 0.696. The molecule has 0 saturated carbocycles. The van der Waals surface area contributed by atoms with Crippen molar-refractivity contribution in [1.29, 1.82) is 0 Å². The van der Waals surface area contributed by atoms with Crippen LogP contribution in [-0.2, 0) is 0 Å². The highest BCUT2D eigenvalue weighted by atomic mass is 35.5. The zero-order chi connectivity index (χ0) is 14.5. The largest absolute Gasteiger partial charge is 0.504 e. The molecule has 2 aromatic carbocycles. The van der Waals surface area contributed by atoms with Crippen molar-refractivity contribution < 1.29 is 9.90 Å². The Morgan fingerprint density at radius 1 is 1.05 bits per heavy atom. The SMILES string of the molecule is O=C(C=Cc1ccccc1Cl)c1ccccc(=O)c1O. The van der Waals surface area contributed by atoms with Gasteiger partial charge in [0.15, 0.2) is 11.5 Å². The van der Waals surface area contributed by atoms with Crippen LogP contribution in [0.4, 0.5) is 0 Å². The molecule has 0 aliphatic rings. The van der Waals surface area contributed by atoms with Gasteiger partial charge in [-0.15, -0.1) is 0 Å². The number of hydrogen-bond acceptors (Lipinski definition) is 3. The Labute approximate surface area is 120 Å². The first kappa shape index (κ1) is 14.0. The zero-order valence-electron chi connectivity index (χ0n) is 10.4. The molecule has 4 heteroatoms. The smallest absolute Gasteiger partial charge is 0.220 e. The van der Waals surface area contributed by atoms with E-state index in [0.717, 1.165) is 0 Å². The molecule has 0 unspecified atom stereocenters. The maximum absolute atomic E-state index is 12.0. The predicted molar refractivity (Wildman–Crippen MR) is 79.2 cm³/mol. The molecule has 100 valence electrons. The summed E-state index contributed by atoms with van der Waals surface area (Å²) in [5.41, 5.74) is 0.0532. The predicted octanol–water partition coefficient (Wildman–Crippen LogP) is 3.30. The van der Waals surface area contributed by atoms with Crippen LogP contribution >= 0.6 is 11.6 Å². The molecular formula is C16H11ClO3. The molecule has 0 fully saturated rings. The molecule has 2 aromatic rings. The summed E-state index contributed by atoms with van der Waals surface area (Å²) in [6, 6.07) is 12.6. The van der Waals surface area contributed by atoms with Gasteiger partial charge in [-0.25, -0.2) is 0 Å². The minimum absolute atomic E-state index is 0.0386. The summed E-state index contributed by atoms with van der Waals surface area (Å²) in [5.74, 6) is -1.01. The second kappa shape index (κ2) is 6.17. The van der Waals surface area contributed by atoms with Crippen LogP contribution in [0.1, 0.15) is 15.9 Å². The first-order chi connectivity index (χ1) is 9.59. The molecule has 0 saturated heterocycles. The fraction of sp³-hybridized carbons (Fsp3) is 0. The third-order valence-corrected chi connectivity index (χ3v) is 3.04. The molecular weight excluding hydrogens is 276 g/mol. The normalized spacial score (nSPS) is 10.7. The summed E-state index contributed by atoms with van der Waals surface area (Å²) in [6.07, 6.45) is 2.82. The van der Waals surface area contributed by atoms with E-state index in [1.165, 1.54) is 30.3 Å². The van der Waals surface area contributed by atoms with Crippen molar-refractivity contribution in [3.05, 3.63) is 81.0 Å². The van der Waals surface area contributed by atoms with Crippen LogP contribution in [0.3, 0.4) is 0 Å². The van der Waals surface area contributed by atoms with Gasteiger partial charge in [-0.2, -0.15) is 0 Å². The van der Waals surface area contributed by atoms with Gasteiger partial charge in [0.2, 0.25) is 5.43 Å². The highest BCUT2D eigenvalue weighted by Gasteiger charge is 2.09. The van der Waals surface area contributed by atoms with Crippen LogP contribution in [0.25, 0.3) is 6.08 Å². The monoisotopic (exact) mass is 286 g/mol. The molecule has 0 aliphatic heterocycles. The van der Waals surface area contributed by atoms with Gasteiger partial charge in [-0.3, -0.25) is 9.59 Å². The molecule has 2 rings (SSSR count). The highest BCUT2D eigenvalue weighted by Crippen LogP contribution is 2.17. The molecule has 0 spiro atoms. The Kier molecular flexibility index (Phi) is 4.33. The summed E-state index contributed by atoms with van der Waals surface area (Å²) < 4.78 is 0. The Bertz CT molecular complexity index is 736. The Balaban J connectivity index is 2.35. The lowest BCUT2D eigenvalue weighted by atomic mass is 10.1. The maximum atomic E-state index is 12.0. The number of ketones is 1. The van der Waals surface area contributed by atoms with E-state index in [4.69, 9.17) is 11.6 Å². The van der Waals surface area contributed by atoms with Crippen molar-refractivity contribution in [3.8, 4) is 5.75 Å². The number of carbonyl (C=O) groups excluding carboxylic acids is 1. The number of hydrogen-bond donors (Lipinski definition) is 1. The van der Waals surface area contributed by atoms with Gasteiger partial charge >= 0.3 is 0 Å². The van der Waals surface area contributed by atoms with Crippen molar-refractivity contribution in [3.63, 3.8) is 0 Å². The standard InChI is InChI=1S/C16H11ClO3/c17-13-7-3-1-5-11(13)9-10-14(18)12-6-2-4-8-15(19)16(12)20/h1-10H,(H,19,20). The van der Waals surface area contributed by atoms with Crippen molar-refractivity contribution in [2.24, 2.45) is 0 Å². The number of carbonyl (C=O) groups is 1. The van der Waals surface area contributed by atoms with Gasteiger partial charge in [0.25, 0.3) is 0 Å². The number of aromatic hydroxyl groups is 1. The lowest BCUT2D eigenvalue weighted by molar-refractivity contribution is 0.104. The Morgan fingerprint density at radius 3 is 2.45 bits per heavy atom. The first-order valence-corrected chi connectivity index (χ1v) is 6.26. The third kappa shape index (κ3) is 3.13. The van der Waals surface area contributed by atoms with E-state index in [-0.39, 0.29) is 5.56 Å². The first-order valence-electron chi connectivity index (χ1n) is 5.89. The maximum Gasteiger partial charge on any atom is 0.220 e. The second-order valence-electron chi connectivity index (χ2n) is 4.06. The van der Waals surface area contributed by atoms with Crippen LogP contribution in [0.15, 0.2) is 59.4 Å². The Hall–Kier alpha value is -2.39. The number of allylic oxidation sites excluding steroid dienone is 1. The van der Waals surface area contributed by atoms with Crippen LogP contribution < -0.4 is 5.43 Å². The lowest BCUT2D eigenvalue weighted by Gasteiger charge is -1.97. The third-order valence-electron chi connectivity index (χ3n) is 2.70. The molecule has 3 nitrogen and oxygen atoms in total. The fourth-order valence-electron chi connectivity index (χ4n) is 1.65. The summed E-state index contributed by atoms with van der Waals surface area (Å²) in [7, 11) is 0. The molecule has 0 bridgehead atoms. The molecule has 0 amide bonds. The average Bonchev–Trinajstić information content (AvgIpc) is 2.60. The van der Waals surface area contributed by atoms with E-state index in [1.54, 1.807) is 30.3 Å². The van der Waals surface area contributed by atoms with E-state index in [9.17, 15) is 14.7 Å². The van der Waals surface area contributed by atoms with Crippen LogP contribution in [0, 0.1) is 0 Å². The lowest BCUT2D eigenvalue weighted by Crippen LogP contribution is -2.01. The van der Waals surface area contributed by atoms with Crippen molar-refractivity contribution in [2.45, 2.75) is 0 Å². The molecule has 0 radical (unpaired) electrons. The van der Waals surface area contributed by atoms with Gasteiger partial charge < -0.3 is 5.11 Å². The van der Waals surface area contributed by atoms with Crippen LogP contribution in [0.5, 0.6) is 5.75 Å². The molecule has 0 aliphatic carbocycles. The molecule has 1 N–H and O–H groups in total. The summed E-state index contributed by atoms with van der Waals surface area (Å²) in [6.45, 7) is 0. The van der Waals surface area contributed by atoms with E-state index >= 15 is 0 Å².